The van der Waals surface area contributed by atoms with E-state index in [4.69, 9.17) is 11.6 Å². The van der Waals surface area contributed by atoms with Crippen molar-refractivity contribution in [3.63, 3.8) is 0 Å². The molecule has 128 valence electrons. The second-order valence-electron chi connectivity index (χ2n) is 7.61. The van der Waals surface area contributed by atoms with Crippen molar-refractivity contribution in [3.05, 3.63) is 95.5 Å². The Morgan fingerprint density at radius 2 is 1.63 bits per heavy atom. The number of hydrogen-bond donors (Lipinski definition) is 0. The van der Waals surface area contributed by atoms with Crippen molar-refractivity contribution in [2.45, 2.75) is 19.3 Å². The number of pyridine rings is 1. The summed E-state index contributed by atoms with van der Waals surface area (Å²) in [5.74, 6) is 0. The molecule has 0 fully saturated rings. The Bertz CT molecular complexity index is 1260. The molecule has 0 saturated heterocycles. The lowest BCUT2D eigenvalue weighted by atomic mass is 9.80. The maximum Gasteiger partial charge on any atom is 0.187 e. The molecule has 2 heteroatoms. The highest BCUT2D eigenvalue weighted by atomic mass is 14.7. The standard InChI is InChI=1S/C25H18N2/c1-25(2)22-15-17-8-5-4-7-16(17)14-21(22)20-11-12-27-24(23(20)25)18-9-6-10-19(13-18)26-3/h4-15H,1-2H3. The first kappa shape index (κ1) is 15.8. The molecule has 0 radical (unpaired) electrons. The molecule has 0 atom stereocenters. The molecule has 27 heavy (non-hydrogen) atoms. The van der Waals surface area contributed by atoms with Gasteiger partial charge in [-0.3, -0.25) is 4.98 Å². The van der Waals surface area contributed by atoms with E-state index in [0.29, 0.717) is 5.69 Å². The first-order chi connectivity index (χ1) is 13.1. The first-order valence-electron chi connectivity index (χ1n) is 9.10. The smallest absolute Gasteiger partial charge is 0.187 e. The molecule has 5 rings (SSSR count). The van der Waals surface area contributed by atoms with E-state index in [2.05, 4.69) is 61.2 Å². The number of hydrogen-bond acceptors (Lipinski definition) is 1. The molecule has 1 aliphatic carbocycles. The number of fused-ring (bicyclic) bond motifs is 4. The van der Waals surface area contributed by atoms with E-state index in [-0.39, 0.29) is 5.41 Å². The monoisotopic (exact) mass is 346 g/mol. The quantitative estimate of drug-likeness (QED) is 0.348. The maximum absolute atomic E-state index is 7.33. The summed E-state index contributed by atoms with van der Waals surface area (Å²) in [6.45, 7) is 11.9. The molecular weight excluding hydrogens is 328 g/mol. The van der Waals surface area contributed by atoms with Gasteiger partial charge in [0, 0.05) is 11.6 Å². The average Bonchev–Trinajstić information content (AvgIpc) is 2.93. The van der Waals surface area contributed by atoms with Crippen LogP contribution in [0.25, 0.3) is 38.0 Å². The van der Waals surface area contributed by atoms with Crippen LogP contribution in [0.5, 0.6) is 0 Å². The molecular formula is C25H18N2. The molecule has 0 unspecified atom stereocenters. The summed E-state index contributed by atoms with van der Waals surface area (Å²) in [5, 5.41) is 2.52. The SMILES string of the molecule is [C-]#[N+]c1cccc(-c2nccc3c2C(C)(C)c2cc4ccccc4cc2-3)c1. The average molecular weight is 346 g/mol. The van der Waals surface area contributed by atoms with E-state index >= 15 is 0 Å². The number of nitrogens with zero attached hydrogens (tertiary/aromatic N) is 2. The first-order valence-corrected chi connectivity index (χ1v) is 9.10. The van der Waals surface area contributed by atoms with Gasteiger partial charge in [0.1, 0.15) is 0 Å². The van der Waals surface area contributed by atoms with Crippen molar-refractivity contribution in [3.8, 4) is 22.4 Å². The van der Waals surface area contributed by atoms with Crippen molar-refractivity contribution < 1.29 is 0 Å². The second kappa shape index (κ2) is 5.53. The fourth-order valence-corrected chi connectivity index (χ4v) is 4.38. The van der Waals surface area contributed by atoms with Gasteiger partial charge in [-0.1, -0.05) is 56.3 Å². The van der Waals surface area contributed by atoms with Gasteiger partial charge in [0.25, 0.3) is 0 Å². The summed E-state index contributed by atoms with van der Waals surface area (Å²) in [6, 6.07) is 23.0. The van der Waals surface area contributed by atoms with Gasteiger partial charge in [-0.05, 0) is 62.9 Å². The van der Waals surface area contributed by atoms with Crippen molar-refractivity contribution in [2.24, 2.45) is 0 Å². The highest BCUT2D eigenvalue weighted by Gasteiger charge is 2.38. The molecule has 0 aliphatic heterocycles. The van der Waals surface area contributed by atoms with Gasteiger partial charge in [0.15, 0.2) is 5.69 Å². The van der Waals surface area contributed by atoms with Crippen LogP contribution in [0.4, 0.5) is 5.69 Å². The molecule has 1 heterocycles. The van der Waals surface area contributed by atoms with Crippen molar-refractivity contribution in [1.82, 2.24) is 4.98 Å². The number of rotatable bonds is 1. The zero-order valence-corrected chi connectivity index (χ0v) is 15.3. The van der Waals surface area contributed by atoms with Crippen LogP contribution in [0.15, 0.2) is 72.9 Å². The highest BCUT2D eigenvalue weighted by molar-refractivity contribution is 5.95. The molecule has 0 saturated carbocycles. The summed E-state index contributed by atoms with van der Waals surface area (Å²) >= 11 is 0. The molecule has 3 aromatic carbocycles. The van der Waals surface area contributed by atoms with Crippen molar-refractivity contribution in [1.29, 1.82) is 0 Å². The third-order valence-electron chi connectivity index (χ3n) is 5.67. The Labute approximate surface area is 159 Å². The maximum atomic E-state index is 7.33. The molecule has 1 aromatic heterocycles. The van der Waals surface area contributed by atoms with Gasteiger partial charge in [0.2, 0.25) is 0 Å². The van der Waals surface area contributed by atoms with E-state index in [1.165, 1.54) is 33.0 Å². The fourth-order valence-electron chi connectivity index (χ4n) is 4.38. The normalized spacial score (nSPS) is 13.8. The minimum atomic E-state index is -0.146. The van der Waals surface area contributed by atoms with Crippen LogP contribution in [-0.4, -0.2) is 4.98 Å². The molecule has 4 aromatic rings. The Balaban J connectivity index is 1.82. The Hall–Kier alpha value is -3.44. The lowest BCUT2D eigenvalue weighted by Crippen LogP contribution is -2.16. The van der Waals surface area contributed by atoms with Gasteiger partial charge in [-0.25, -0.2) is 4.85 Å². The predicted molar refractivity (Wildman–Crippen MR) is 111 cm³/mol. The Kier molecular flexibility index (Phi) is 3.23. The van der Waals surface area contributed by atoms with Crippen molar-refractivity contribution in [2.75, 3.05) is 0 Å². The third kappa shape index (κ3) is 2.22. The van der Waals surface area contributed by atoms with E-state index in [1.807, 2.05) is 30.5 Å². The minimum absolute atomic E-state index is 0.146. The second-order valence-corrected chi connectivity index (χ2v) is 7.61. The third-order valence-corrected chi connectivity index (χ3v) is 5.67. The van der Waals surface area contributed by atoms with Crippen LogP contribution in [0.2, 0.25) is 0 Å². The van der Waals surface area contributed by atoms with E-state index in [1.54, 1.807) is 0 Å². The molecule has 0 spiro atoms. The van der Waals surface area contributed by atoms with Gasteiger partial charge in [-0.2, -0.15) is 0 Å². The van der Waals surface area contributed by atoms with Crippen LogP contribution in [0.1, 0.15) is 25.0 Å². The molecule has 1 aliphatic rings. The van der Waals surface area contributed by atoms with Crippen LogP contribution in [-0.2, 0) is 5.41 Å². The number of benzene rings is 3. The van der Waals surface area contributed by atoms with Crippen molar-refractivity contribution >= 4 is 16.5 Å². The van der Waals surface area contributed by atoms with Gasteiger partial charge >= 0.3 is 0 Å². The predicted octanol–water partition coefficient (Wildman–Crippen LogP) is 6.76. The Morgan fingerprint density at radius 3 is 2.41 bits per heavy atom. The summed E-state index contributed by atoms with van der Waals surface area (Å²) in [4.78, 5) is 8.33. The summed E-state index contributed by atoms with van der Waals surface area (Å²) in [7, 11) is 0. The summed E-state index contributed by atoms with van der Waals surface area (Å²) < 4.78 is 0. The molecule has 0 N–H and O–H groups in total. The van der Waals surface area contributed by atoms with E-state index in [9.17, 15) is 0 Å². The van der Waals surface area contributed by atoms with Gasteiger partial charge in [0.05, 0.1) is 12.3 Å². The minimum Gasteiger partial charge on any atom is -0.256 e. The molecule has 0 bridgehead atoms. The lowest BCUT2D eigenvalue weighted by molar-refractivity contribution is 0.660. The number of aromatic nitrogens is 1. The lowest BCUT2D eigenvalue weighted by Gasteiger charge is -2.24. The van der Waals surface area contributed by atoms with Crippen LogP contribution in [0, 0.1) is 6.57 Å². The van der Waals surface area contributed by atoms with Gasteiger partial charge in [-0.15, -0.1) is 0 Å². The van der Waals surface area contributed by atoms with Crippen LogP contribution in [0.3, 0.4) is 0 Å². The van der Waals surface area contributed by atoms with E-state index < -0.39 is 0 Å². The summed E-state index contributed by atoms with van der Waals surface area (Å²) in [5.41, 5.74) is 7.61. The Morgan fingerprint density at radius 1 is 0.852 bits per heavy atom. The van der Waals surface area contributed by atoms with Crippen LogP contribution >= 0.6 is 0 Å². The molecule has 2 nitrogen and oxygen atoms in total. The van der Waals surface area contributed by atoms with E-state index in [0.717, 1.165) is 11.3 Å². The van der Waals surface area contributed by atoms with Gasteiger partial charge < -0.3 is 0 Å². The molecule has 0 amide bonds. The summed E-state index contributed by atoms with van der Waals surface area (Å²) in [6.07, 6.45) is 1.89. The fraction of sp³-hybridized carbons (Fsp3) is 0.120. The van der Waals surface area contributed by atoms with Crippen LogP contribution < -0.4 is 0 Å². The highest BCUT2D eigenvalue weighted by Crippen LogP contribution is 2.52. The zero-order valence-electron chi connectivity index (χ0n) is 15.3. The largest absolute Gasteiger partial charge is 0.256 e. The topological polar surface area (TPSA) is 17.2 Å². The zero-order chi connectivity index (χ0) is 18.6.